The number of hydrogen-bond acceptors (Lipinski definition) is 4. The van der Waals surface area contributed by atoms with Crippen LogP contribution in [0.4, 0.5) is 4.39 Å². The Morgan fingerprint density at radius 3 is 2.67 bits per heavy atom. The number of aliphatic hydroxyl groups excluding tert-OH is 1. The molecule has 1 aromatic carbocycles. The van der Waals surface area contributed by atoms with Crippen molar-refractivity contribution in [3.63, 3.8) is 0 Å². The van der Waals surface area contributed by atoms with Gasteiger partial charge in [0.2, 0.25) is 5.82 Å². The summed E-state index contributed by atoms with van der Waals surface area (Å²) in [6.45, 7) is -0.399. The predicted octanol–water partition coefficient (Wildman–Crippen LogP) is 1.47. The van der Waals surface area contributed by atoms with Crippen molar-refractivity contribution in [3.05, 3.63) is 47.7 Å². The second kappa shape index (κ2) is 4.89. The Hall–Kier alpha value is -2.34. The third-order valence-corrected chi connectivity index (χ3v) is 2.36. The molecule has 18 heavy (non-hydrogen) atoms. The molecule has 0 unspecified atom stereocenters. The van der Waals surface area contributed by atoms with Gasteiger partial charge in [0.25, 0.3) is 0 Å². The SMILES string of the molecule is O=C(O)c1ncc(CO)c(-c2ccccc2F)n1. The number of aromatic carboxylic acids is 1. The Labute approximate surface area is 102 Å². The van der Waals surface area contributed by atoms with E-state index < -0.39 is 24.2 Å². The molecule has 0 aliphatic rings. The number of carboxylic acids is 1. The van der Waals surface area contributed by atoms with Crippen LogP contribution in [0.25, 0.3) is 11.3 Å². The van der Waals surface area contributed by atoms with Gasteiger partial charge >= 0.3 is 5.97 Å². The molecular formula is C12H9FN2O3. The third-order valence-electron chi connectivity index (χ3n) is 2.36. The molecule has 0 spiro atoms. The lowest BCUT2D eigenvalue weighted by molar-refractivity contribution is 0.0683. The fourth-order valence-electron chi connectivity index (χ4n) is 1.51. The Bertz CT molecular complexity index is 602. The Morgan fingerprint density at radius 1 is 1.33 bits per heavy atom. The van der Waals surface area contributed by atoms with Gasteiger partial charge in [0, 0.05) is 17.3 Å². The average molecular weight is 248 g/mol. The normalized spacial score (nSPS) is 10.3. The van der Waals surface area contributed by atoms with E-state index in [1.54, 1.807) is 6.07 Å². The Balaban J connectivity index is 2.64. The molecule has 0 fully saturated rings. The number of benzene rings is 1. The molecule has 0 aliphatic carbocycles. The van der Waals surface area contributed by atoms with Gasteiger partial charge in [-0.25, -0.2) is 19.2 Å². The van der Waals surface area contributed by atoms with Crippen molar-refractivity contribution in [2.45, 2.75) is 6.61 Å². The lowest BCUT2D eigenvalue weighted by atomic mass is 10.1. The second-order valence-corrected chi connectivity index (χ2v) is 3.51. The summed E-state index contributed by atoms with van der Waals surface area (Å²) >= 11 is 0. The van der Waals surface area contributed by atoms with Crippen LogP contribution in [0.1, 0.15) is 16.2 Å². The van der Waals surface area contributed by atoms with E-state index >= 15 is 0 Å². The lowest BCUT2D eigenvalue weighted by Gasteiger charge is -2.07. The van der Waals surface area contributed by atoms with E-state index in [1.807, 2.05) is 0 Å². The first-order chi connectivity index (χ1) is 8.63. The molecule has 92 valence electrons. The van der Waals surface area contributed by atoms with Crippen LogP contribution >= 0.6 is 0 Å². The smallest absolute Gasteiger partial charge is 0.373 e. The topological polar surface area (TPSA) is 83.3 Å². The number of aromatic nitrogens is 2. The van der Waals surface area contributed by atoms with Crippen molar-refractivity contribution in [2.75, 3.05) is 0 Å². The molecule has 1 aromatic heterocycles. The first-order valence-corrected chi connectivity index (χ1v) is 5.08. The highest BCUT2D eigenvalue weighted by Gasteiger charge is 2.15. The van der Waals surface area contributed by atoms with Gasteiger partial charge < -0.3 is 10.2 Å². The summed E-state index contributed by atoms with van der Waals surface area (Å²) < 4.78 is 13.6. The van der Waals surface area contributed by atoms with Crippen LogP contribution in [0.5, 0.6) is 0 Å². The molecule has 5 nitrogen and oxygen atoms in total. The van der Waals surface area contributed by atoms with E-state index in [1.165, 1.54) is 24.4 Å². The third kappa shape index (κ3) is 2.18. The van der Waals surface area contributed by atoms with Crippen LogP contribution in [0.2, 0.25) is 0 Å². The van der Waals surface area contributed by atoms with E-state index in [4.69, 9.17) is 10.2 Å². The molecule has 2 aromatic rings. The van der Waals surface area contributed by atoms with E-state index in [2.05, 4.69) is 9.97 Å². The van der Waals surface area contributed by atoms with Crippen LogP contribution in [0.15, 0.2) is 30.5 Å². The van der Waals surface area contributed by atoms with Gasteiger partial charge in [-0.2, -0.15) is 0 Å². The number of rotatable bonds is 3. The van der Waals surface area contributed by atoms with Gasteiger partial charge in [0.15, 0.2) is 0 Å². The number of nitrogens with zero attached hydrogens (tertiary/aromatic N) is 2. The van der Waals surface area contributed by atoms with Gasteiger partial charge in [-0.05, 0) is 12.1 Å². The van der Waals surface area contributed by atoms with Gasteiger partial charge in [-0.15, -0.1) is 0 Å². The summed E-state index contributed by atoms with van der Waals surface area (Å²) in [5, 5.41) is 18.0. The predicted molar refractivity (Wildman–Crippen MR) is 60.3 cm³/mol. The van der Waals surface area contributed by atoms with Crippen LogP contribution in [-0.2, 0) is 6.61 Å². The summed E-state index contributed by atoms with van der Waals surface area (Å²) in [4.78, 5) is 18.1. The summed E-state index contributed by atoms with van der Waals surface area (Å²) in [6, 6.07) is 5.81. The van der Waals surface area contributed by atoms with Gasteiger partial charge in [0.05, 0.1) is 12.3 Å². The number of carboxylic acid groups (broad SMARTS) is 1. The van der Waals surface area contributed by atoms with E-state index in [9.17, 15) is 9.18 Å². The molecule has 1 heterocycles. The number of hydrogen-bond donors (Lipinski definition) is 2. The molecular weight excluding hydrogens is 239 g/mol. The summed E-state index contributed by atoms with van der Waals surface area (Å²) in [5.41, 5.74) is 0.486. The standard InChI is InChI=1S/C12H9FN2O3/c13-9-4-2-1-3-8(9)10-7(6-16)5-14-11(15-10)12(17)18/h1-5,16H,6H2,(H,17,18). The van der Waals surface area contributed by atoms with Crippen LogP contribution in [0, 0.1) is 5.82 Å². The largest absolute Gasteiger partial charge is 0.475 e. The molecule has 2 N–H and O–H groups in total. The fourth-order valence-corrected chi connectivity index (χ4v) is 1.51. The van der Waals surface area contributed by atoms with Crippen molar-refractivity contribution in [3.8, 4) is 11.3 Å². The average Bonchev–Trinajstić information content (AvgIpc) is 2.38. The van der Waals surface area contributed by atoms with Gasteiger partial charge in [-0.3, -0.25) is 0 Å². The first-order valence-electron chi connectivity index (χ1n) is 5.08. The van der Waals surface area contributed by atoms with Crippen LogP contribution < -0.4 is 0 Å². The minimum absolute atomic E-state index is 0.0861. The lowest BCUT2D eigenvalue weighted by Crippen LogP contribution is -2.07. The maximum atomic E-state index is 13.6. The Kier molecular flexibility index (Phi) is 3.29. The molecule has 0 saturated heterocycles. The molecule has 2 rings (SSSR count). The highest BCUT2D eigenvalue weighted by atomic mass is 19.1. The zero-order chi connectivity index (χ0) is 13.1. The Morgan fingerprint density at radius 2 is 2.06 bits per heavy atom. The maximum Gasteiger partial charge on any atom is 0.373 e. The van der Waals surface area contributed by atoms with Crippen molar-refractivity contribution >= 4 is 5.97 Å². The molecule has 0 amide bonds. The molecule has 0 bridgehead atoms. The zero-order valence-corrected chi connectivity index (χ0v) is 9.17. The monoisotopic (exact) mass is 248 g/mol. The van der Waals surface area contributed by atoms with E-state index in [-0.39, 0.29) is 16.8 Å². The molecule has 0 aliphatic heterocycles. The fraction of sp³-hybridized carbons (Fsp3) is 0.0833. The van der Waals surface area contributed by atoms with Gasteiger partial charge in [0.1, 0.15) is 5.82 Å². The van der Waals surface area contributed by atoms with Crippen molar-refractivity contribution < 1.29 is 19.4 Å². The quantitative estimate of drug-likeness (QED) is 0.859. The number of halogens is 1. The summed E-state index contributed by atoms with van der Waals surface area (Å²) in [5.74, 6) is -2.29. The minimum atomic E-state index is -1.31. The molecule has 0 radical (unpaired) electrons. The van der Waals surface area contributed by atoms with Gasteiger partial charge in [-0.1, -0.05) is 12.1 Å². The number of aliphatic hydroxyl groups is 1. The zero-order valence-electron chi connectivity index (χ0n) is 9.17. The highest BCUT2D eigenvalue weighted by Crippen LogP contribution is 2.24. The van der Waals surface area contributed by atoms with Crippen LogP contribution in [0.3, 0.4) is 0 Å². The van der Waals surface area contributed by atoms with Crippen molar-refractivity contribution in [1.82, 2.24) is 9.97 Å². The van der Waals surface area contributed by atoms with Crippen molar-refractivity contribution in [2.24, 2.45) is 0 Å². The first kappa shape index (κ1) is 12.1. The molecule has 0 atom stereocenters. The molecule has 0 saturated carbocycles. The summed E-state index contributed by atoms with van der Waals surface area (Å²) in [6.07, 6.45) is 1.18. The second-order valence-electron chi connectivity index (χ2n) is 3.51. The minimum Gasteiger partial charge on any atom is -0.475 e. The highest BCUT2D eigenvalue weighted by molar-refractivity contribution is 5.84. The van der Waals surface area contributed by atoms with E-state index in [0.717, 1.165) is 0 Å². The van der Waals surface area contributed by atoms with E-state index in [0.29, 0.717) is 0 Å². The van der Waals surface area contributed by atoms with Crippen LogP contribution in [-0.4, -0.2) is 26.2 Å². The van der Waals surface area contributed by atoms with Crippen molar-refractivity contribution in [1.29, 1.82) is 0 Å². The molecule has 6 heteroatoms. The number of carbonyl (C=O) groups is 1. The summed E-state index contributed by atoms with van der Waals surface area (Å²) in [7, 11) is 0. The maximum absolute atomic E-state index is 13.6.